The zero-order chi connectivity index (χ0) is 93.3. The molecular weight excluding hydrogens is 1810 g/mol. The van der Waals surface area contributed by atoms with E-state index in [2.05, 4.69) is 122 Å². The number of nitrogens with zero attached hydrogens (tertiary/aromatic N) is 22. The summed E-state index contributed by atoms with van der Waals surface area (Å²) in [5, 5.41) is 48.2. The third-order valence-electron chi connectivity index (χ3n) is 30.0. The predicted octanol–water partition coefficient (Wildman–Crippen LogP) is 15.8. The van der Waals surface area contributed by atoms with Crippen molar-refractivity contribution in [1.82, 2.24) is 101 Å². The number of aliphatic imine (C=N–C) groups is 2. The molecule has 3 aromatic carbocycles. The minimum absolute atomic E-state index is 0.0598. The molecule has 8 fully saturated rings. The second-order valence-electron chi connectivity index (χ2n) is 38.1. The summed E-state index contributed by atoms with van der Waals surface area (Å²) in [5.41, 5.74) is 39.6. The highest BCUT2D eigenvalue weighted by Gasteiger charge is 2.55. The summed E-state index contributed by atoms with van der Waals surface area (Å²) >= 11 is 31.1. The Morgan fingerprint density at radius 3 is 1.28 bits per heavy atom. The Kier molecular flexibility index (Phi) is 25.8. The standard InChI is InChI=1S/C21H23Cl2FN6.C20H21Cl2FN6.C19H25N7.C18H19ClFN5O.C16H21N7/c1-20(24)5-6-21(19(20)25)7-9-30(10-8-21)14-11-26-17-16(28-29-18(17)27-14)12-3-2-4-13(22)15(12)23;21-12-3-1-2-11(15(12)22)16-17-19(28-27-16)26-14(10-25-17)29-8-6-20(7-9-29)5-4-13(23)18(20)24;1-12-13(9-23-25-12)17-18-14(10-21-17)24-16(11-22-18)26-7-5-19(6-8-26)4-2-3-15(19)20;1-2-18(26)6-8-25(9-7-18)13-10-21-16-15(23-24-17(16)22-13)14-11(19)4-3-5-12(14)20;1-10-11(7-20-22-10)14-15-12(8-18-14)21-13(9-19-15)23-5-3-16(2,17)4-6-23/h2-4,11,19H,5-10,25H2,1H3,(H,27,28,29);1-3,10,13,18H,4-9,24H2,(H,26,27,28);9,11,15H,2-8,10,20H2,1H3,(H,23,25);3-5,10,26H,2,6-9H2,1H3,(H,22,23,24);7,9H,3-6,8,17H2,1-2H3,(H,20,22)/t;;15-;;/m..1../s1. The number of fused-ring (bicyclic) bond motifs is 5. The molecule has 10 aliphatic rings. The normalized spacial score (nSPS) is 22.4. The summed E-state index contributed by atoms with van der Waals surface area (Å²) < 4.78 is 42.8. The highest BCUT2D eigenvalue weighted by Crippen LogP contribution is 2.53. The van der Waals surface area contributed by atoms with E-state index >= 15 is 0 Å². The summed E-state index contributed by atoms with van der Waals surface area (Å²) in [6, 6.07) is 15.0. The number of piperidine rings is 5. The van der Waals surface area contributed by atoms with Crippen LogP contribution >= 0.6 is 58.0 Å². The van der Waals surface area contributed by atoms with Gasteiger partial charge in [0.2, 0.25) is 16.9 Å². The number of anilines is 5. The van der Waals surface area contributed by atoms with E-state index in [0.29, 0.717) is 140 Å². The van der Waals surface area contributed by atoms with Crippen LogP contribution in [0, 0.1) is 35.9 Å². The molecule has 32 nitrogen and oxygen atoms in total. The van der Waals surface area contributed by atoms with Crippen LogP contribution in [0.4, 0.5) is 42.3 Å². The quantitative estimate of drug-likeness (QED) is 0.0575. The topological polar surface area (TPSA) is 438 Å². The number of benzene rings is 3. The number of nitrogens with two attached hydrogens (primary N) is 4. The molecule has 3 saturated carbocycles. The van der Waals surface area contributed by atoms with E-state index < -0.39 is 29.3 Å². The molecule has 14 N–H and O–H groups in total. The summed E-state index contributed by atoms with van der Waals surface area (Å²) in [4.78, 5) is 67.0. The van der Waals surface area contributed by atoms with Gasteiger partial charge in [-0.3, -0.25) is 35.5 Å². The van der Waals surface area contributed by atoms with Crippen molar-refractivity contribution in [1.29, 1.82) is 0 Å². The first-order valence-electron chi connectivity index (χ1n) is 46.1. The number of nitrogens with one attached hydrogen (secondary N) is 5. The van der Waals surface area contributed by atoms with Gasteiger partial charge in [0.1, 0.15) is 74.7 Å². The van der Waals surface area contributed by atoms with Crippen LogP contribution in [-0.4, -0.2) is 224 Å². The van der Waals surface area contributed by atoms with E-state index in [-0.39, 0.29) is 33.0 Å². The number of rotatable bonds is 11. The molecule has 5 atom stereocenters. The van der Waals surface area contributed by atoms with Crippen LogP contribution in [0.3, 0.4) is 0 Å². The predicted molar refractivity (Wildman–Crippen MR) is 519 cm³/mol. The molecule has 134 heavy (non-hydrogen) atoms. The van der Waals surface area contributed by atoms with Crippen LogP contribution in [0.15, 0.2) is 108 Å². The van der Waals surface area contributed by atoms with Crippen LogP contribution in [0.5, 0.6) is 0 Å². The lowest BCUT2D eigenvalue weighted by molar-refractivity contribution is 0.0124. The lowest BCUT2D eigenvalue weighted by Crippen LogP contribution is -2.52. The van der Waals surface area contributed by atoms with Crippen LogP contribution in [0.2, 0.25) is 25.1 Å². The van der Waals surface area contributed by atoms with Crippen molar-refractivity contribution in [2.45, 2.75) is 204 Å². The van der Waals surface area contributed by atoms with Crippen molar-refractivity contribution in [2.75, 3.05) is 89.9 Å². The van der Waals surface area contributed by atoms with Crippen LogP contribution in [0.1, 0.15) is 182 Å². The SMILES string of the molecule is CC1(F)CCC2(CCN(c3cnc4c(-c5cccc(Cl)c5Cl)[nH]nc4n3)CC2)C1N.CCC1(O)CCN(c2cnc3c(-c4c(F)cccc4Cl)[nH]nc3n2)CC1.Cc1[nH]ncc1C1=NCc2nc(N3CCC(C)(N)CC3)cnc21.Cc1[nH]ncc1C1=NCc2nc(N3CCC4(CCC[C@H]4N)CC3)cnc21.NC1C(F)CCC12CCN(c1cnc3c(-c4cccc(Cl)c4Cl)[nH]nc3n1)CC2. The molecule has 4 unspecified atom stereocenters. The number of aliphatic hydroxyl groups is 1. The Labute approximate surface area is 797 Å². The second kappa shape index (κ2) is 37.4. The molecule has 40 heteroatoms. The number of hydrogen-bond acceptors (Lipinski definition) is 27. The number of halogens is 8. The average molecular weight is 1920 g/mol. The minimum atomic E-state index is -1.27. The van der Waals surface area contributed by atoms with Gasteiger partial charge in [0, 0.05) is 123 Å². The van der Waals surface area contributed by atoms with E-state index in [1.807, 2.05) is 63.6 Å². The molecule has 23 rings (SSSR count). The van der Waals surface area contributed by atoms with Crippen molar-refractivity contribution in [3.05, 3.63) is 174 Å². The van der Waals surface area contributed by atoms with Crippen LogP contribution in [-0.2, 0) is 13.1 Å². The molecule has 7 aliphatic heterocycles. The molecule has 3 aliphatic carbocycles. The van der Waals surface area contributed by atoms with Gasteiger partial charge >= 0.3 is 0 Å². The maximum atomic E-state index is 14.6. The largest absolute Gasteiger partial charge is 0.390 e. The fourth-order valence-electron chi connectivity index (χ4n) is 21.1. The molecule has 3 spiro atoms. The zero-order valence-electron chi connectivity index (χ0n) is 75.4. The van der Waals surface area contributed by atoms with Crippen molar-refractivity contribution in [3.8, 4) is 33.8 Å². The smallest absolute Gasteiger partial charge is 0.202 e. The van der Waals surface area contributed by atoms with Gasteiger partial charge in [0.25, 0.3) is 0 Å². The molecular formula is C94H109Cl5F3N31O. The highest BCUT2D eigenvalue weighted by molar-refractivity contribution is 6.44. The van der Waals surface area contributed by atoms with Gasteiger partial charge in [-0.25, -0.2) is 63.0 Å². The Morgan fingerprint density at radius 1 is 0.455 bits per heavy atom. The van der Waals surface area contributed by atoms with E-state index in [1.165, 1.54) is 38.2 Å². The van der Waals surface area contributed by atoms with Crippen molar-refractivity contribution >= 4 is 132 Å². The first-order valence-corrected chi connectivity index (χ1v) is 48.0. The lowest BCUT2D eigenvalue weighted by Gasteiger charge is -2.43. The summed E-state index contributed by atoms with van der Waals surface area (Å²) in [7, 11) is 0. The van der Waals surface area contributed by atoms with E-state index in [4.69, 9.17) is 101 Å². The van der Waals surface area contributed by atoms with Gasteiger partial charge in [-0.1, -0.05) is 102 Å². The minimum Gasteiger partial charge on any atom is -0.390 e. The fourth-order valence-corrected chi connectivity index (χ4v) is 22.2. The van der Waals surface area contributed by atoms with Gasteiger partial charge in [-0.05, 0) is 177 Å². The number of aromatic nitrogens is 20. The maximum Gasteiger partial charge on any atom is 0.202 e. The average Bonchev–Trinajstić information content (AvgIpc) is 1.60. The number of H-pyrrole nitrogens is 5. The summed E-state index contributed by atoms with van der Waals surface area (Å²) in [6.45, 7) is 19.4. The van der Waals surface area contributed by atoms with Gasteiger partial charge in [0.05, 0.1) is 133 Å². The Balaban J connectivity index is 0.000000108. The first kappa shape index (κ1) is 92.3. The highest BCUT2D eigenvalue weighted by atomic mass is 35.5. The van der Waals surface area contributed by atoms with Crippen molar-refractivity contribution < 1.29 is 18.3 Å². The maximum absolute atomic E-state index is 14.6. The van der Waals surface area contributed by atoms with E-state index in [1.54, 1.807) is 56.0 Å². The lowest BCUT2D eigenvalue weighted by atomic mass is 9.73. The van der Waals surface area contributed by atoms with E-state index in [0.717, 1.165) is 201 Å². The van der Waals surface area contributed by atoms with Crippen molar-refractivity contribution in [3.63, 3.8) is 0 Å². The number of aromatic amines is 5. The van der Waals surface area contributed by atoms with Gasteiger partial charge in [-0.15, -0.1) is 0 Å². The Bertz CT molecular complexity index is 6530. The molecule has 0 radical (unpaired) electrons. The first-order chi connectivity index (χ1) is 64.5. The van der Waals surface area contributed by atoms with Gasteiger partial charge in [-0.2, -0.15) is 25.5 Å². The second-order valence-corrected chi connectivity index (χ2v) is 40.1. The molecule has 10 aromatic heterocycles. The van der Waals surface area contributed by atoms with Crippen LogP contribution < -0.4 is 47.4 Å². The molecule has 5 saturated heterocycles. The molecule has 17 heterocycles. The van der Waals surface area contributed by atoms with Crippen LogP contribution in [0.25, 0.3) is 67.3 Å². The molecule has 702 valence electrons. The summed E-state index contributed by atoms with van der Waals surface area (Å²) in [6.07, 6.45) is 28.2. The third kappa shape index (κ3) is 18.0. The van der Waals surface area contributed by atoms with Gasteiger partial charge in [0.15, 0.2) is 0 Å². The Hall–Kier alpha value is -10.7. The molecule has 13 aromatic rings. The van der Waals surface area contributed by atoms with E-state index in [9.17, 15) is 18.3 Å². The zero-order valence-corrected chi connectivity index (χ0v) is 79.2. The number of aryl methyl sites for hydroxylation is 2. The number of alkyl halides is 2. The third-order valence-corrected chi connectivity index (χ3v) is 32.0. The summed E-state index contributed by atoms with van der Waals surface area (Å²) in [5.74, 6) is 3.70. The fraction of sp³-hybridized carbons (Fsp3) is 0.479. The molecule has 0 amide bonds. The monoisotopic (exact) mass is 1920 g/mol. The van der Waals surface area contributed by atoms with Crippen molar-refractivity contribution in [2.24, 2.45) is 49.2 Å². The number of hydrogen-bond donors (Lipinski definition) is 10. The Morgan fingerprint density at radius 2 is 0.866 bits per heavy atom. The van der Waals surface area contributed by atoms with Gasteiger partial charge < -0.3 is 52.5 Å². The molecule has 0 bridgehead atoms.